The van der Waals surface area contributed by atoms with Gasteiger partial charge >= 0.3 is 0 Å². The Morgan fingerprint density at radius 3 is 2.33 bits per heavy atom. The van der Waals surface area contributed by atoms with Crippen LogP contribution in [0.4, 0.5) is 0 Å². The van der Waals surface area contributed by atoms with Gasteiger partial charge in [0.25, 0.3) is 7.52 Å². The van der Waals surface area contributed by atoms with E-state index < -0.39 is 13.4 Å². The molecule has 0 aromatic rings. The standard InChI is InChI=1S/C4H12NO3P/c1-3-4(6)9(7,8)5-2/h4,6H,3H2,1-2H3,(H2,5,7,8). The molecule has 0 aliphatic heterocycles. The van der Waals surface area contributed by atoms with Crippen LogP contribution in [0.5, 0.6) is 0 Å². The Bertz CT molecular complexity index is 127. The van der Waals surface area contributed by atoms with E-state index in [9.17, 15) is 4.57 Å². The molecule has 0 amide bonds. The van der Waals surface area contributed by atoms with Gasteiger partial charge in [0, 0.05) is 0 Å². The van der Waals surface area contributed by atoms with Crippen molar-refractivity contribution >= 4 is 7.52 Å². The third-order valence-electron chi connectivity index (χ3n) is 1.09. The molecule has 0 aliphatic rings. The molecule has 0 saturated heterocycles. The zero-order chi connectivity index (χ0) is 7.49. The summed E-state index contributed by atoms with van der Waals surface area (Å²) >= 11 is 0. The Morgan fingerprint density at radius 1 is 1.78 bits per heavy atom. The van der Waals surface area contributed by atoms with Crippen LogP contribution < -0.4 is 5.09 Å². The first-order chi connectivity index (χ1) is 4.04. The molecular formula is C4H12NO3P. The number of nitrogens with one attached hydrogen (secondary N) is 1. The molecule has 0 aliphatic carbocycles. The smallest absolute Gasteiger partial charge is 0.294 e. The Kier molecular flexibility index (Phi) is 3.36. The summed E-state index contributed by atoms with van der Waals surface area (Å²) < 4.78 is 10.7. The Hall–Kier alpha value is 0.110. The highest BCUT2D eigenvalue weighted by Crippen LogP contribution is 2.40. The molecule has 0 saturated carbocycles. The monoisotopic (exact) mass is 153 g/mol. The first kappa shape index (κ1) is 9.11. The van der Waals surface area contributed by atoms with Crippen LogP contribution in [0.15, 0.2) is 0 Å². The number of aliphatic hydroxyl groups excluding tert-OH is 1. The van der Waals surface area contributed by atoms with E-state index in [0.717, 1.165) is 0 Å². The Labute approximate surface area is 54.4 Å². The summed E-state index contributed by atoms with van der Waals surface area (Å²) in [6, 6.07) is 0. The molecule has 3 N–H and O–H groups in total. The molecule has 2 unspecified atom stereocenters. The normalized spacial score (nSPS) is 20.9. The van der Waals surface area contributed by atoms with Crippen molar-refractivity contribution in [2.75, 3.05) is 7.05 Å². The SMILES string of the molecule is CCC(O)P(=O)(O)NC. The predicted molar refractivity (Wildman–Crippen MR) is 35.2 cm³/mol. The van der Waals surface area contributed by atoms with Gasteiger partial charge in [-0.2, -0.15) is 0 Å². The zero-order valence-electron chi connectivity index (χ0n) is 5.53. The van der Waals surface area contributed by atoms with Crippen molar-refractivity contribution in [1.29, 1.82) is 0 Å². The molecular weight excluding hydrogens is 141 g/mol. The van der Waals surface area contributed by atoms with Gasteiger partial charge in [-0.15, -0.1) is 0 Å². The largest absolute Gasteiger partial charge is 0.382 e. The third kappa shape index (κ3) is 2.45. The molecule has 0 aromatic carbocycles. The second-order valence-corrected chi connectivity index (χ2v) is 4.02. The highest BCUT2D eigenvalue weighted by Gasteiger charge is 2.24. The minimum Gasteiger partial charge on any atom is -0.382 e. The van der Waals surface area contributed by atoms with Gasteiger partial charge in [0.15, 0.2) is 0 Å². The second-order valence-electron chi connectivity index (χ2n) is 1.74. The first-order valence-corrected chi connectivity index (χ1v) is 4.47. The first-order valence-electron chi connectivity index (χ1n) is 2.74. The van der Waals surface area contributed by atoms with Crippen LogP contribution in [-0.4, -0.2) is 22.9 Å². The van der Waals surface area contributed by atoms with Gasteiger partial charge in [-0.25, -0.2) is 5.09 Å². The van der Waals surface area contributed by atoms with Crippen LogP contribution in [-0.2, 0) is 4.57 Å². The summed E-state index contributed by atoms with van der Waals surface area (Å²) in [7, 11) is -2.11. The molecule has 0 spiro atoms. The molecule has 56 valence electrons. The van der Waals surface area contributed by atoms with E-state index in [4.69, 9.17) is 10.00 Å². The fourth-order valence-electron chi connectivity index (χ4n) is 0.396. The van der Waals surface area contributed by atoms with E-state index in [0.29, 0.717) is 0 Å². The summed E-state index contributed by atoms with van der Waals surface area (Å²) in [6.45, 7) is 1.64. The molecule has 9 heavy (non-hydrogen) atoms. The maximum atomic E-state index is 10.7. The fraction of sp³-hybridized carbons (Fsp3) is 1.00. The van der Waals surface area contributed by atoms with E-state index in [1.807, 2.05) is 0 Å². The van der Waals surface area contributed by atoms with Gasteiger partial charge in [-0.3, -0.25) is 4.57 Å². The van der Waals surface area contributed by atoms with Crippen molar-refractivity contribution in [1.82, 2.24) is 5.09 Å². The summed E-state index contributed by atoms with van der Waals surface area (Å²) in [5.41, 5.74) is 0. The van der Waals surface area contributed by atoms with E-state index in [-0.39, 0.29) is 6.42 Å². The summed E-state index contributed by atoms with van der Waals surface area (Å²) in [6.07, 6.45) is 0.286. The van der Waals surface area contributed by atoms with Crippen LogP contribution in [0, 0.1) is 0 Å². The highest BCUT2D eigenvalue weighted by atomic mass is 31.2. The Morgan fingerprint density at radius 2 is 2.22 bits per heavy atom. The number of aliphatic hydroxyl groups is 1. The van der Waals surface area contributed by atoms with Gasteiger partial charge in [-0.05, 0) is 13.5 Å². The van der Waals surface area contributed by atoms with Crippen molar-refractivity contribution in [3.05, 3.63) is 0 Å². The quantitative estimate of drug-likeness (QED) is 0.503. The lowest BCUT2D eigenvalue weighted by Gasteiger charge is -2.14. The lowest BCUT2D eigenvalue weighted by atomic mass is 10.5. The van der Waals surface area contributed by atoms with Crippen molar-refractivity contribution in [2.24, 2.45) is 0 Å². The molecule has 0 rings (SSSR count). The van der Waals surface area contributed by atoms with Gasteiger partial charge < -0.3 is 10.00 Å². The maximum absolute atomic E-state index is 10.7. The summed E-state index contributed by atoms with van der Waals surface area (Å²) in [4.78, 5) is 8.79. The highest BCUT2D eigenvalue weighted by molar-refractivity contribution is 7.56. The minimum atomic E-state index is -3.46. The average molecular weight is 153 g/mol. The topological polar surface area (TPSA) is 69.6 Å². The number of hydrogen-bond acceptors (Lipinski definition) is 2. The maximum Gasteiger partial charge on any atom is 0.294 e. The van der Waals surface area contributed by atoms with E-state index >= 15 is 0 Å². The van der Waals surface area contributed by atoms with Crippen LogP contribution in [0.25, 0.3) is 0 Å². The van der Waals surface area contributed by atoms with Crippen molar-refractivity contribution in [3.8, 4) is 0 Å². The number of rotatable bonds is 3. The van der Waals surface area contributed by atoms with Gasteiger partial charge in [-0.1, -0.05) is 6.92 Å². The minimum absolute atomic E-state index is 0.286. The molecule has 0 radical (unpaired) electrons. The fourth-order valence-corrected chi connectivity index (χ4v) is 1.19. The van der Waals surface area contributed by atoms with E-state index in [1.165, 1.54) is 7.05 Å². The summed E-state index contributed by atoms with van der Waals surface area (Å²) in [5.74, 6) is -1.14. The number of hydrogen-bond donors (Lipinski definition) is 3. The van der Waals surface area contributed by atoms with Gasteiger partial charge in [0.2, 0.25) is 0 Å². The zero-order valence-corrected chi connectivity index (χ0v) is 6.43. The molecule has 0 aromatic heterocycles. The molecule has 5 heteroatoms. The van der Waals surface area contributed by atoms with E-state index in [1.54, 1.807) is 6.92 Å². The predicted octanol–water partition coefficient (Wildman–Crippen LogP) is 0.120. The van der Waals surface area contributed by atoms with Gasteiger partial charge in [0.1, 0.15) is 5.85 Å². The average Bonchev–Trinajstić information content (AvgIpc) is 1.86. The van der Waals surface area contributed by atoms with Gasteiger partial charge in [0.05, 0.1) is 0 Å². The molecule has 2 atom stereocenters. The van der Waals surface area contributed by atoms with Crippen molar-refractivity contribution in [3.63, 3.8) is 0 Å². The molecule has 0 bridgehead atoms. The second kappa shape index (κ2) is 3.32. The lowest BCUT2D eigenvalue weighted by molar-refractivity contribution is 0.223. The van der Waals surface area contributed by atoms with Crippen LogP contribution >= 0.6 is 7.52 Å². The lowest BCUT2D eigenvalue weighted by Crippen LogP contribution is -2.15. The van der Waals surface area contributed by atoms with Crippen LogP contribution in [0.1, 0.15) is 13.3 Å². The Balaban J connectivity index is 3.98. The summed E-state index contributed by atoms with van der Waals surface area (Å²) in [5, 5.41) is 11.0. The van der Waals surface area contributed by atoms with Crippen LogP contribution in [0.2, 0.25) is 0 Å². The van der Waals surface area contributed by atoms with E-state index in [2.05, 4.69) is 5.09 Å². The molecule has 4 nitrogen and oxygen atoms in total. The van der Waals surface area contributed by atoms with Crippen molar-refractivity contribution in [2.45, 2.75) is 19.2 Å². The van der Waals surface area contributed by atoms with Crippen molar-refractivity contribution < 1.29 is 14.6 Å². The third-order valence-corrected chi connectivity index (χ3v) is 2.90. The molecule has 0 heterocycles. The molecule has 0 fully saturated rings. The van der Waals surface area contributed by atoms with Crippen LogP contribution in [0.3, 0.4) is 0 Å².